The Hall–Kier alpha value is -1.01. The van der Waals surface area contributed by atoms with Gasteiger partial charge in [-0.1, -0.05) is 33.1 Å². The van der Waals surface area contributed by atoms with E-state index in [4.69, 9.17) is 0 Å². The summed E-state index contributed by atoms with van der Waals surface area (Å²) in [7, 11) is 1.87. The molecule has 0 amide bonds. The van der Waals surface area contributed by atoms with Gasteiger partial charge in [-0.3, -0.25) is 0 Å². The molecule has 27 heavy (non-hydrogen) atoms. The van der Waals surface area contributed by atoms with Crippen LogP contribution in [0.15, 0.2) is 22.9 Å². The average Bonchev–Trinajstić information content (AvgIpc) is 2.61. The van der Waals surface area contributed by atoms with Gasteiger partial charge in [-0.15, -0.1) is 0 Å². The Morgan fingerprint density at radius 1 is 1.26 bits per heavy atom. The third-order valence-corrected chi connectivity index (χ3v) is 6.01. The van der Waals surface area contributed by atoms with Gasteiger partial charge in [-0.2, -0.15) is 13.2 Å². The van der Waals surface area contributed by atoms with E-state index in [1.165, 1.54) is 31.8 Å². The zero-order chi connectivity index (χ0) is 20.6. The minimum absolute atomic E-state index is 0.0619. The summed E-state index contributed by atoms with van der Waals surface area (Å²) in [5.41, 5.74) is -0.0202. The van der Waals surface area contributed by atoms with Crippen molar-refractivity contribution in [3.63, 3.8) is 0 Å². The van der Waals surface area contributed by atoms with Crippen LogP contribution < -0.4 is 5.32 Å². The van der Waals surface area contributed by atoms with E-state index in [1.54, 1.807) is 0 Å². The van der Waals surface area contributed by atoms with Gasteiger partial charge < -0.3 is 15.3 Å². The van der Waals surface area contributed by atoms with Gasteiger partial charge in [0, 0.05) is 30.9 Å². The van der Waals surface area contributed by atoms with Crippen LogP contribution >= 0.6 is 0 Å². The Bertz CT molecular complexity index is 514. The van der Waals surface area contributed by atoms with E-state index < -0.39 is 18.4 Å². The van der Waals surface area contributed by atoms with Crippen molar-refractivity contribution < 1.29 is 18.3 Å². The maximum Gasteiger partial charge on any atom is 0.412 e. The SMILES string of the molecule is CNCCN(CC(C)C1CCCCC1C)/C(C)=C/C(CO)=C(\C)C(F)(F)F. The summed E-state index contributed by atoms with van der Waals surface area (Å²) in [6, 6.07) is 0. The number of halogens is 3. The summed E-state index contributed by atoms with van der Waals surface area (Å²) in [6.07, 6.45) is 2.15. The fourth-order valence-electron chi connectivity index (χ4n) is 4.13. The summed E-state index contributed by atoms with van der Waals surface area (Å²) in [4.78, 5) is 2.15. The molecule has 0 heterocycles. The topological polar surface area (TPSA) is 35.5 Å². The lowest BCUT2D eigenvalue weighted by Crippen LogP contribution is -2.37. The van der Waals surface area contributed by atoms with Crippen LogP contribution in [0.5, 0.6) is 0 Å². The highest BCUT2D eigenvalue weighted by Crippen LogP contribution is 2.35. The number of rotatable bonds is 9. The number of hydrogen-bond acceptors (Lipinski definition) is 3. The van der Waals surface area contributed by atoms with Crippen LogP contribution in [0.3, 0.4) is 0 Å². The molecule has 1 saturated carbocycles. The molecular formula is C21H37F3N2O. The Kier molecular flexibility index (Phi) is 9.88. The first kappa shape index (κ1) is 24.0. The highest BCUT2D eigenvalue weighted by atomic mass is 19.4. The monoisotopic (exact) mass is 390 g/mol. The lowest BCUT2D eigenvalue weighted by Gasteiger charge is -2.37. The van der Waals surface area contributed by atoms with Crippen molar-refractivity contribution in [2.75, 3.05) is 33.3 Å². The van der Waals surface area contributed by atoms with Crippen LogP contribution in [0.1, 0.15) is 53.4 Å². The van der Waals surface area contributed by atoms with Gasteiger partial charge in [0.05, 0.1) is 6.61 Å². The molecule has 158 valence electrons. The first-order valence-corrected chi connectivity index (χ1v) is 10.1. The van der Waals surface area contributed by atoms with Crippen molar-refractivity contribution in [2.45, 2.75) is 59.6 Å². The summed E-state index contributed by atoms with van der Waals surface area (Å²) >= 11 is 0. The third kappa shape index (κ3) is 7.49. The molecule has 2 N–H and O–H groups in total. The molecule has 1 aliphatic carbocycles. The zero-order valence-electron chi connectivity index (χ0n) is 17.5. The van der Waals surface area contributed by atoms with E-state index >= 15 is 0 Å². The Balaban J connectivity index is 2.99. The fraction of sp³-hybridized carbons (Fsp3) is 0.810. The van der Waals surface area contributed by atoms with Crippen molar-refractivity contribution in [3.05, 3.63) is 22.9 Å². The highest BCUT2D eigenvalue weighted by Gasteiger charge is 2.32. The van der Waals surface area contributed by atoms with Crippen LogP contribution in [0.2, 0.25) is 0 Å². The van der Waals surface area contributed by atoms with Crippen molar-refractivity contribution >= 4 is 0 Å². The van der Waals surface area contributed by atoms with E-state index in [0.29, 0.717) is 17.8 Å². The number of aliphatic hydroxyl groups is 1. The molecular weight excluding hydrogens is 353 g/mol. The Morgan fingerprint density at radius 2 is 1.89 bits per heavy atom. The minimum Gasteiger partial charge on any atom is -0.392 e. The Morgan fingerprint density at radius 3 is 2.41 bits per heavy atom. The smallest absolute Gasteiger partial charge is 0.392 e. The second-order valence-electron chi connectivity index (χ2n) is 8.04. The standard InChI is InChI=1S/C21H37F3N2O/c1-15-8-6-7-9-20(15)16(2)13-26(11-10-25-5)17(3)12-19(14-27)18(4)21(22,23)24/h12,15-16,20,25,27H,6-11,13-14H2,1-5H3/b17-12+,19-18-. The summed E-state index contributed by atoms with van der Waals surface area (Å²) in [5, 5.41) is 12.6. The molecule has 0 radical (unpaired) electrons. The molecule has 6 heteroatoms. The van der Waals surface area contributed by atoms with Gasteiger partial charge in [0.2, 0.25) is 0 Å². The summed E-state index contributed by atoms with van der Waals surface area (Å²) < 4.78 is 39.0. The van der Waals surface area contributed by atoms with Gasteiger partial charge >= 0.3 is 6.18 Å². The molecule has 0 aromatic heterocycles. The van der Waals surface area contributed by atoms with E-state index in [2.05, 4.69) is 24.1 Å². The van der Waals surface area contributed by atoms with E-state index in [-0.39, 0.29) is 5.57 Å². The molecule has 1 rings (SSSR count). The molecule has 3 nitrogen and oxygen atoms in total. The number of nitrogens with one attached hydrogen (secondary N) is 1. The first-order chi connectivity index (χ1) is 12.6. The second-order valence-corrected chi connectivity index (χ2v) is 8.04. The normalized spacial score (nSPS) is 23.8. The number of alkyl halides is 3. The van der Waals surface area contributed by atoms with Gasteiger partial charge in [0.25, 0.3) is 0 Å². The maximum absolute atomic E-state index is 13.0. The summed E-state index contributed by atoms with van der Waals surface area (Å²) in [6.45, 7) is 9.14. The fourth-order valence-corrected chi connectivity index (χ4v) is 4.13. The molecule has 0 bridgehead atoms. The van der Waals surface area contributed by atoms with E-state index in [9.17, 15) is 18.3 Å². The number of nitrogens with zero attached hydrogens (tertiary/aromatic N) is 1. The van der Waals surface area contributed by atoms with Gasteiger partial charge in [0.1, 0.15) is 0 Å². The number of hydrogen-bond donors (Lipinski definition) is 2. The van der Waals surface area contributed by atoms with Crippen LogP contribution in [-0.4, -0.2) is 49.5 Å². The van der Waals surface area contributed by atoms with E-state index in [1.807, 2.05) is 14.0 Å². The molecule has 0 saturated heterocycles. The van der Waals surface area contributed by atoms with Crippen LogP contribution in [0, 0.1) is 17.8 Å². The van der Waals surface area contributed by atoms with Crippen molar-refractivity contribution in [1.82, 2.24) is 10.2 Å². The van der Waals surface area contributed by atoms with Crippen molar-refractivity contribution in [1.29, 1.82) is 0 Å². The largest absolute Gasteiger partial charge is 0.412 e. The molecule has 1 fully saturated rings. The lowest BCUT2D eigenvalue weighted by atomic mass is 9.73. The zero-order valence-corrected chi connectivity index (χ0v) is 17.5. The molecule has 3 atom stereocenters. The molecule has 1 aliphatic rings. The predicted octanol–water partition coefficient (Wildman–Crippen LogP) is 4.75. The molecule has 0 spiro atoms. The van der Waals surface area contributed by atoms with Crippen LogP contribution in [0.4, 0.5) is 13.2 Å². The third-order valence-electron chi connectivity index (χ3n) is 6.01. The molecule has 0 aliphatic heterocycles. The maximum atomic E-state index is 13.0. The van der Waals surface area contributed by atoms with Crippen LogP contribution in [-0.2, 0) is 0 Å². The van der Waals surface area contributed by atoms with Gasteiger partial charge in [-0.05, 0) is 56.7 Å². The van der Waals surface area contributed by atoms with Gasteiger partial charge in [-0.25, -0.2) is 0 Å². The number of likely N-dealkylation sites (N-methyl/N-ethyl adjacent to an activating group) is 1. The van der Waals surface area contributed by atoms with E-state index in [0.717, 1.165) is 32.3 Å². The Labute approximate surface area is 162 Å². The van der Waals surface area contributed by atoms with Crippen LogP contribution in [0.25, 0.3) is 0 Å². The van der Waals surface area contributed by atoms with Gasteiger partial charge in [0.15, 0.2) is 0 Å². The minimum atomic E-state index is -4.42. The number of aliphatic hydroxyl groups excluding tert-OH is 1. The average molecular weight is 391 g/mol. The molecule has 0 aromatic carbocycles. The lowest BCUT2D eigenvalue weighted by molar-refractivity contribution is -0.0923. The molecule has 3 unspecified atom stereocenters. The summed E-state index contributed by atoms with van der Waals surface area (Å²) in [5.74, 6) is 1.84. The first-order valence-electron chi connectivity index (χ1n) is 10.1. The quantitative estimate of drug-likeness (QED) is 0.558. The number of allylic oxidation sites excluding steroid dienone is 2. The van der Waals surface area contributed by atoms with Crippen molar-refractivity contribution in [3.8, 4) is 0 Å². The molecule has 0 aromatic rings. The van der Waals surface area contributed by atoms with Crippen molar-refractivity contribution in [2.24, 2.45) is 17.8 Å². The predicted molar refractivity (Wildman–Crippen MR) is 105 cm³/mol. The second kappa shape index (κ2) is 11.1. The highest BCUT2D eigenvalue weighted by molar-refractivity contribution is 5.30.